The summed E-state index contributed by atoms with van der Waals surface area (Å²) in [7, 11) is 0. The van der Waals surface area contributed by atoms with Gasteiger partial charge in [0.1, 0.15) is 11.3 Å². The van der Waals surface area contributed by atoms with Gasteiger partial charge in [0.25, 0.3) is 0 Å². The van der Waals surface area contributed by atoms with E-state index in [-0.39, 0.29) is 11.8 Å². The quantitative estimate of drug-likeness (QED) is 0.452. The normalized spacial score (nSPS) is 12.3. The number of fused-ring (bicyclic) bond motifs is 1. The Morgan fingerprint density at radius 2 is 1.70 bits per heavy atom. The van der Waals surface area contributed by atoms with Crippen LogP contribution in [0.1, 0.15) is 22.7 Å². The fourth-order valence-corrected chi connectivity index (χ4v) is 3.77. The summed E-state index contributed by atoms with van der Waals surface area (Å²) in [5.74, 6) is 0.240. The van der Waals surface area contributed by atoms with E-state index in [9.17, 15) is 5.11 Å². The summed E-state index contributed by atoms with van der Waals surface area (Å²) < 4.78 is 3.94. The fraction of sp³-hybridized carbons (Fsp3) is 0.0870. The van der Waals surface area contributed by atoms with Crippen LogP contribution in [0.3, 0.4) is 0 Å². The predicted molar refractivity (Wildman–Crippen MR) is 116 cm³/mol. The highest BCUT2D eigenvalue weighted by atomic mass is 35.5. The van der Waals surface area contributed by atoms with Gasteiger partial charge >= 0.3 is 0 Å². The van der Waals surface area contributed by atoms with Crippen molar-refractivity contribution in [3.05, 3.63) is 107 Å². The number of benzene rings is 3. The van der Waals surface area contributed by atoms with Crippen molar-refractivity contribution < 1.29 is 5.11 Å². The Kier molecular flexibility index (Phi) is 4.69. The number of halogens is 1. The number of rotatable bonds is 5. The van der Waals surface area contributed by atoms with Crippen molar-refractivity contribution in [1.29, 1.82) is 0 Å². The lowest BCUT2D eigenvalue weighted by atomic mass is 9.98. The van der Waals surface area contributed by atoms with Crippen LogP contribution >= 0.6 is 11.6 Å². The molecule has 6 nitrogen and oxygen atoms in total. The lowest BCUT2D eigenvalue weighted by molar-refractivity contribution is 0.474. The van der Waals surface area contributed by atoms with E-state index in [1.54, 1.807) is 24.7 Å². The van der Waals surface area contributed by atoms with E-state index < -0.39 is 0 Å². The number of aromatic nitrogens is 5. The number of hydrogen-bond donors (Lipinski definition) is 1. The monoisotopic (exact) mass is 415 g/mol. The Hall–Kier alpha value is -3.64. The van der Waals surface area contributed by atoms with Gasteiger partial charge in [0.15, 0.2) is 0 Å². The molecule has 1 N–H and O–H groups in total. The molecule has 0 fully saturated rings. The van der Waals surface area contributed by atoms with E-state index in [0.717, 1.165) is 27.7 Å². The fourth-order valence-electron chi connectivity index (χ4n) is 3.65. The Morgan fingerprint density at radius 3 is 2.43 bits per heavy atom. The molecule has 0 aliphatic rings. The van der Waals surface area contributed by atoms with Crippen LogP contribution in [-0.4, -0.2) is 29.7 Å². The van der Waals surface area contributed by atoms with Gasteiger partial charge in [0, 0.05) is 17.4 Å². The molecule has 0 aliphatic carbocycles. The highest BCUT2D eigenvalue weighted by Crippen LogP contribution is 2.30. The third kappa shape index (κ3) is 3.53. The number of hydrogen-bond acceptors (Lipinski definition) is 4. The van der Waals surface area contributed by atoms with E-state index in [1.807, 2.05) is 57.9 Å². The Labute approximate surface area is 178 Å². The van der Waals surface area contributed by atoms with Crippen LogP contribution in [0.25, 0.3) is 11.0 Å². The molecule has 0 saturated heterocycles. The molecular weight excluding hydrogens is 398 g/mol. The van der Waals surface area contributed by atoms with Gasteiger partial charge in [0.05, 0.1) is 24.4 Å². The zero-order valence-corrected chi connectivity index (χ0v) is 16.7. The van der Waals surface area contributed by atoms with Crippen molar-refractivity contribution in [2.75, 3.05) is 0 Å². The number of phenolic OH excluding ortho intramolecular Hbond substituents is 1. The maximum Gasteiger partial charge on any atom is 0.115 e. The molecule has 0 aliphatic heterocycles. The molecule has 0 bridgehead atoms. The van der Waals surface area contributed by atoms with Crippen molar-refractivity contribution in [2.24, 2.45) is 0 Å². The van der Waals surface area contributed by atoms with Gasteiger partial charge in [-0.15, -0.1) is 5.10 Å². The SMILES string of the molecule is Oc1ccc(C(c2ccc3nnn(Cc4ccc(Cl)cc4)c3c2)n2ccnc2)cc1. The van der Waals surface area contributed by atoms with Crippen molar-refractivity contribution in [3.63, 3.8) is 0 Å². The zero-order chi connectivity index (χ0) is 20.5. The van der Waals surface area contributed by atoms with E-state index in [4.69, 9.17) is 11.6 Å². The number of phenols is 1. The van der Waals surface area contributed by atoms with E-state index in [1.165, 1.54) is 0 Å². The smallest absolute Gasteiger partial charge is 0.115 e. The van der Waals surface area contributed by atoms with Crippen LogP contribution in [0.4, 0.5) is 0 Å². The Balaban J connectivity index is 1.58. The number of nitrogens with zero attached hydrogens (tertiary/aromatic N) is 5. The van der Waals surface area contributed by atoms with Gasteiger partial charge in [-0.05, 0) is 53.1 Å². The van der Waals surface area contributed by atoms with Gasteiger partial charge in [-0.2, -0.15) is 0 Å². The minimum absolute atomic E-state index is 0.0867. The summed E-state index contributed by atoms with van der Waals surface area (Å²) in [5, 5.41) is 19.1. The summed E-state index contributed by atoms with van der Waals surface area (Å²) in [6, 6.07) is 21.0. The third-order valence-corrected chi connectivity index (χ3v) is 5.38. The molecule has 2 aromatic heterocycles. The minimum atomic E-state index is -0.0867. The van der Waals surface area contributed by atoms with Crippen LogP contribution in [0.5, 0.6) is 5.75 Å². The van der Waals surface area contributed by atoms with Crippen LogP contribution in [0.15, 0.2) is 85.5 Å². The molecule has 7 heteroatoms. The Bertz CT molecular complexity index is 1280. The minimum Gasteiger partial charge on any atom is -0.508 e. The van der Waals surface area contributed by atoms with Crippen LogP contribution in [-0.2, 0) is 6.54 Å². The summed E-state index contributed by atoms with van der Waals surface area (Å²) in [6.45, 7) is 0.603. The van der Waals surface area contributed by atoms with Crippen molar-refractivity contribution >= 4 is 22.6 Å². The second-order valence-corrected chi connectivity index (χ2v) is 7.56. The topological polar surface area (TPSA) is 68.8 Å². The summed E-state index contributed by atoms with van der Waals surface area (Å²) in [5.41, 5.74) is 5.00. The average molecular weight is 416 g/mol. The van der Waals surface area contributed by atoms with Crippen molar-refractivity contribution in [3.8, 4) is 5.75 Å². The first-order valence-electron chi connectivity index (χ1n) is 9.51. The van der Waals surface area contributed by atoms with Crippen LogP contribution < -0.4 is 0 Å². The highest BCUT2D eigenvalue weighted by molar-refractivity contribution is 6.30. The molecule has 0 radical (unpaired) electrons. The molecule has 1 unspecified atom stereocenters. The molecule has 5 rings (SSSR count). The second kappa shape index (κ2) is 7.65. The highest BCUT2D eigenvalue weighted by Gasteiger charge is 2.18. The maximum absolute atomic E-state index is 9.70. The van der Waals surface area contributed by atoms with Gasteiger partial charge in [0.2, 0.25) is 0 Å². The Morgan fingerprint density at radius 1 is 0.933 bits per heavy atom. The molecule has 0 amide bonds. The lowest BCUT2D eigenvalue weighted by Crippen LogP contribution is -2.11. The molecule has 3 aromatic carbocycles. The molecule has 0 spiro atoms. The maximum atomic E-state index is 9.70. The number of imidazole rings is 1. The first-order valence-corrected chi connectivity index (χ1v) is 9.89. The average Bonchev–Trinajstić information content (AvgIpc) is 3.42. The van der Waals surface area contributed by atoms with E-state index in [2.05, 4.69) is 27.4 Å². The third-order valence-electron chi connectivity index (χ3n) is 5.13. The van der Waals surface area contributed by atoms with E-state index >= 15 is 0 Å². The second-order valence-electron chi connectivity index (χ2n) is 7.13. The summed E-state index contributed by atoms with van der Waals surface area (Å²) in [6.07, 6.45) is 5.49. The van der Waals surface area contributed by atoms with E-state index in [0.29, 0.717) is 11.6 Å². The molecule has 30 heavy (non-hydrogen) atoms. The molecule has 2 heterocycles. The molecule has 148 valence electrons. The summed E-state index contributed by atoms with van der Waals surface area (Å²) in [4.78, 5) is 4.22. The van der Waals surface area contributed by atoms with Gasteiger partial charge < -0.3 is 9.67 Å². The summed E-state index contributed by atoms with van der Waals surface area (Å²) >= 11 is 6.00. The first kappa shape index (κ1) is 18.4. The van der Waals surface area contributed by atoms with Gasteiger partial charge in [-0.3, -0.25) is 0 Å². The van der Waals surface area contributed by atoms with Crippen LogP contribution in [0.2, 0.25) is 5.02 Å². The van der Waals surface area contributed by atoms with Crippen LogP contribution in [0, 0.1) is 0 Å². The van der Waals surface area contributed by atoms with Crippen molar-refractivity contribution in [2.45, 2.75) is 12.6 Å². The van der Waals surface area contributed by atoms with Gasteiger partial charge in [-0.25, -0.2) is 9.67 Å². The molecule has 1 atom stereocenters. The molecule has 0 saturated carbocycles. The first-order chi connectivity index (χ1) is 14.7. The standard InChI is InChI=1S/C23H18ClN5O/c24-19-6-1-16(2-7-19)14-29-22-13-18(5-10-21(22)26-27-29)23(28-12-11-25-15-28)17-3-8-20(30)9-4-17/h1-13,15,23,30H,14H2. The van der Waals surface area contributed by atoms with Crippen molar-refractivity contribution in [1.82, 2.24) is 24.5 Å². The number of aromatic hydroxyl groups is 1. The molecular formula is C23H18ClN5O. The zero-order valence-electron chi connectivity index (χ0n) is 15.9. The predicted octanol–water partition coefficient (Wildman–Crippen LogP) is 4.67. The van der Waals surface area contributed by atoms with Gasteiger partial charge in [-0.1, -0.05) is 47.1 Å². The molecule has 5 aromatic rings. The largest absolute Gasteiger partial charge is 0.508 e. The lowest BCUT2D eigenvalue weighted by Gasteiger charge is -2.20.